The first-order chi connectivity index (χ1) is 9.53. The number of hydrogen-bond acceptors (Lipinski definition) is 5. The Morgan fingerprint density at radius 2 is 2.20 bits per heavy atom. The van der Waals surface area contributed by atoms with Crippen LogP contribution in [0.5, 0.6) is 0 Å². The number of nitrogens with one attached hydrogen (secondary N) is 1. The lowest BCUT2D eigenvalue weighted by molar-refractivity contribution is 0.579. The van der Waals surface area contributed by atoms with Gasteiger partial charge in [-0.3, -0.25) is 9.67 Å². The minimum atomic E-state index is -3.59. The monoisotopic (exact) mass is 295 g/mol. The number of nitrogens with two attached hydrogens (primary N) is 1. The molecule has 0 unspecified atom stereocenters. The SMILES string of the molecule is Cn1ccc(CCNS(=O)(=O)c2cccnc2CN)n1. The third-order valence-corrected chi connectivity index (χ3v) is 4.31. The highest BCUT2D eigenvalue weighted by Crippen LogP contribution is 2.12. The van der Waals surface area contributed by atoms with Gasteiger partial charge in [-0.2, -0.15) is 5.10 Å². The van der Waals surface area contributed by atoms with Gasteiger partial charge in [0, 0.05) is 39.0 Å². The predicted molar refractivity (Wildman–Crippen MR) is 74.2 cm³/mol. The van der Waals surface area contributed by atoms with Crippen LogP contribution in [0.15, 0.2) is 35.5 Å². The smallest absolute Gasteiger partial charge is 0.242 e. The summed E-state index contributed by atoms with van der Waals surface area (Å²) in [5.74, 6) is 0. The highest BCUT2D eigenvalue weighted by atomic mass is 32.2. The Morgan fingerprint density at radius 3 is 2.85 bits per heavy atom. The van der Waals surface area contributed by atoms with Crippen molar-refractivity contribution < 1.29 is 8.42 Å². The average Bonchev–Trinajstić information content (AvgIpc) is 2.84. The molecule has 20 heavy (non-hydrogen) atoms. The van der Waals surface area contributed by atoms with Crippen molar-refractivity contribution in [3.05, 3.63) is 42.0 Å². The number of aryl methyl sites for hydroxylation is 1. The van der Waals surface area contributed by atoms with E-state index in [4.69, 9.17) is 5.73 Å². The van der Waals surface area contributed by atoms with Crippen molar-refractivity contribution in [3.63, 3.8) is 0 Å². The van der Waals surface area contributed by atoms with E-state index in [0.29, 0.717) is 12.1 Å². The topological polar surface area (TPSA) is 103 Å². The molecule has 0 bridgehead atoms. The Morgan fingerprint density at radius 1 is 1.40 bits per heavy atom. The van der Waals surface area contributed by atoms with Crippen molar-refractivity contribution in [2.75, 3.05) is 6.54 Å². The summed E-state index contributed by atoms with van der Waals surface area (Å²) in [7, 11) is -1.78. The Bertz CT molecular complexity index is 681. The van der Waals surface area contributed by atoms with Crippen LogP contribution in [0.3, 0.4) is 0 Å². The highest BCUT2D eigenvalue weighted by Gasteiger charge is 2.17. The van der Waals surface area contributed by atoms with Crippen LogP contribution in [0.25, 0.3) is 0 Å². The van der Waals surface area contributed by atoms with Gasteiger partial charge in [-0.15, -0.1) is 0 Å². The molecule has 0 saturated heterocycles. The summed E-state index contributed by atoms with van der Waals surface area (Å²) >= 11 is 0. The molecule has 2 rings (SSSR count). The van der Waals surface area contributed by atoms with Gasteiger partial charge in [0.2, 0.25) is 10.0 Å². The molecule has 0 fully saturated rings. The Kier molecular flexibility index (Phi) is 4.48. The average molecular weight is 295 g/mol. The number of aromatic nitrogens is 3. The molecular weight excluding hydrogens is 278 g/mol. The summed E-state index contributed by atoms with van der Waals surface area (Å²) in [6, 6.07) is 4.93. The van der Waals surface area contributed by atoms with E-state index in [0.717, 1.165) is 5.69 Å². The first-order valence-electron chi connectivity index (χ1n) is 6.15. The van der Waals surface area contributed by atoms with Gasteiger partial charge in [-0.25, -0.2) is 13.1 Å². The number of nitrogens with zero attached hydrogens (tertiary/aromatic N) is 3. The van der Waals surface area contributed by atoms with Crippen LogP contribution in [-0.2, 0) is 30.0 Å². The molecular formula is C12H17N5O2S. The lowest BCUT2D eigenvalue weighted by Gasteiger charge is -2.08. The van der Waals surface area contributed by atoms with Crippen molar-refractivity contribution >= 4 is 10.0 Å². The quantitative estimate of drug-likeness (QED) is 0.768. The van der Waals surface area contributed by atoms with E-state index in [2.05, 4.69) is 14.8 Å². The maximum absolute atomic E-state index is 12.2. The van der Waals surface area contributed by atoms with Gasteiger partial charge in [0.25, 0.3) is 0 Å². The van der Waals surface area contributed by atoms with Crippen LogP contribution in [0, 0.1) is 0 Å². The highest BCUT2D eigenvalue weighted by molar-refractivity contribution is 7.89. The van der Waals surface area contributed by atoms with Crippen LogP contribution in [0.2, 0.25) is 0 Å². The number of sulfonamides is 1. The van der Waals surface area contributed by atoms with Crippen LogP contribution in [0.1, 0.15) is 11.4 Å². The van der Waals surface area contributed by atoms with E-state index in [-0.39, 0.29) is 18.0 Å². The summed E-state index contributed by atoms with van der Waals surface area (Å²) in [6.45, 7) is 0.357. The zero-order valence-corrected chi connectivity index (χ0v) is 12.0. The lowest BCUT2D eigenvalue weighted by atomic mass is 10.3. The van der Waals surface area contributed by atoms with Crippen LogP contribution >= 0.6 is 0 Å². The first-order valence-corrected chi connectivity index (χ1v) is 7.63. The molecule has 2 aromatic rings. The van der Waals surface area contributed by atoms with Crippen molar-refractivity contribution in [2.45, 2.75) is 17.9 Å². The molecule has 7 nitrogen and oxygen atoms in total. The summed E-state index contributed by atoms with van der Waals surface area (Å²) in [4.78, 5) is 4.10. The van der Waals surface area contributed by atoms with E-state index < -0.39 is 10.0 Å². The first kappa shape index (κ1) is 14.6. The molecule has 0 aromatic carbocycles. The van der Waals surface area contributed by atoms with E-state index in [9.17, 15) is 8.42 Å². The van der Waals surface area contributed by atoms with Gasteiger partial charge >= 0.3 is 0 Å². The van der Waals surface area contributed by atoms with Gasteiger partial charge in [-0.05, 0) is 18.2 Å². The van der Waals surface area contributed by atoms with Gasteiger partial charge in [-0.1, -0.05) is 0 Å². The Hall–Kier alpha value is -1.77. The summed E-state index contributed by atoms with van der Waals surface area (Å²) in [5, 5.41) is 4.19. The number of pyridine rings is 1. The fourth-order valence-corrected chi connectivity index (χ4v) is 3.04. The van der Waals surface area contributed by atoms with E-state index >= 15 is 0 Å². The molecule has 2 heterocycles. The maximum Gasteiger partial charge on any atom is 0.242 e. The molecule has 3 N–H and O–H groups in total. The zero-order chi connectivity index (χ0) is 14.6. The second-order valence-electron chi connectivity index (χ2n) is 4.28. The standard InChI is InChI=1S/C12H17N5O2S/c1-17-8-5-10(16-17)4-7-15-20(18,19)12-3-2-6-14-11(12)9-13/h2-3,5-6,8,15H,4,7,9,13H2,1H3. The third kappa shape index (κ3) is 3.41. The molecule has 0 amide bonds. The summed E-state index contributed by atoms with van der Waals surface area (Å²) in [5.41, 5.74) is 6.70. The van der Waals surface area contributed by atoms with Crippen molar-refractivity contribution in [3.8, 4) is 0 Å². The van der Waals surface area contributed by atoms with Crippen molar-refractivity contribution in [1.29, 1.82) is 0 Å². The fourth-order valence-electron chi connectivity index (χ4n) is 1.81. The van der Waals surface area contributed by atoms with Gasteiger partial charge < -0.3 is 5.73 Å². The number of rotatable bonds is 6. The largest absolute Gasteiger partial charge is 0.325 e. The minimum Gasteiger partial charge on any atom is -0.325 e. The minimum absolute atomic E-state index is 0.0807. The Labute approximate surface area is 117 Å². The van der Waals surface area contributed by atoms with Gasteiger partial charge in [0.15, 0.2) is 0 Å². The molecule has 0 atom stereocenters. The summed E-state index contributed by atoms with van der Waals surface area (Å²) in [6.07, 6.45) is 3.87. The van der Waals surface area contributed by atoms with Crippen LogP contribution in [-0.4, -0.2) is 29.7 Å². The van der Waals surface area contributed by atoms with Gasteiger partial charge in [0.1, 0.15) is 4.90 Å². The molecule has 108 valence electrons. The van der Waals surface area contributed by atoms with E-state index in [1.165, 1.54) is 12.3 Å². The van der Waals surface area contributed by atoms with E-state index in [1.54, 1.807) is 10.7 Å². The van der Waals surface area contributed by atoms with Gasteiger partial charge in [0.05, 0.1) is 11.4 Å². The Balaban J connectivity index is 2.04. The molecule has 0 spiro atoms. The lowest BCUT2D eigenvalue weighted by Crippen LogP contribution is -2.27. The fraction of sp³-hybridized carbons (Fsp3) is 0.333. The molecule has 8 heteroatoms. The second kappa shape index (κ2) is 6.12. The van der Waals surface area contributed by atoms with E-state index in [1.807, 2.05) is 19.3 Å². The van der Waals surface area contributed by atoms with Crippen LogP contribution < -0.4 is 10.5 Å². The zero-order valence-electron chi connectivity index (χ0n) is 11.2. The van der Waals surface area contributed by atoms with Crippen molar-refractivity contribution in [1.82, 2.24) is 19.5 Å². The van der Waals surface area contributed by atoms with Crippen molar-refractivity contribution in [2.24, 2.45) is 12.8 Å². The predicted octanol–water partition coefficient (Wildman–Crippen LogP) is -0.205. The normalized spacial score (nSPS) is 11.7. The number of hydrogen-bond donors (Lipinski definition) is 2. The maximum atomic E-state index is 12.2. The second-order valence-corrected chi connectivity index (χ2v) is 6.02. The van der Waals surface area contributed by atoms with Crippen LogP contribution in [0.4, 0.5) is 0 Å². The molecule has 0 aliphatic heterocycles. The molecule has 0 aliphatic carbocycles. The third-order valence-electron chi connectivity index (χ3n) is 2.77. The molecule has 2 aromatic heterocycles. The molecule has 0 radical (unpaired) electrons. The molecule has 0 aliphatic rings. The summed E-state index contributed by atoms with van der Waals surface area (Å²) < 4.78 is 28.6. The molecule has 0 saturated carbocycles.